The van der Waals surface area contributed by atoms with Crippen molar-refractivity contribution < 1.29 is 82.0 Å². The number of hydrazine groups is 1. The van der Waals surface area contributed by atoms with E-state index in [1.165, 1.54) is 12.1 Å². The van der Waals surface area contributed by atoms with E-state index in [1.807, 2.05) is 19.1 Å². The van der Waals surface area contributed by atoms with Crippen molar-refractivity contribution in [2.24, 2.45) is 0 Å². The Bertz CT molecular complexity index is 1190. The molecule has 0 aliphatic carbocycles. The first kappa shape index (κ1) is 26.5. The monoisotopic (exact) mass is 448 g/mol. The summed E-state index contributed by atoms with van der Waals surface area (Å²) < 4.78 is 33.9. The van der Waals surface area contributed by atoms with Gasteiger partial charge in [0.2, 0.25) is 0 Å². The van der Waals surface area contributed by atoms with Crippen LogP contribution in [0.15, 0.2) is 58.2 Å². The third-order valence-electron chi connectivity index (χ3n) is 3.86. The number of carboxylic acid groups (broad SMARTS) is 1. The van der Waals surface area contributed by atoms with Crippen molar-refractivity contribution >= 4 is 27.5 Å². The number of nitrogens with one attached hydrogen (secondary N) is 3. The average Bonchev–Trinajstić information content (AvgIpc) is 2.97. The van der Waals surface area contributed by atoms with E-state index in [0.717, 1.165) is 22.4 Å². The molecular weight excluding hydrogens is 434 g/mol. The van der Waals surface area contributed by atoms with Crippen molar-refractivity contribution in [3.8, 4) is 5.69 Å². The van der Waals surface area contributed by atoms with Gasteiger partial charge >= 0.3 is 59.1 Å². The van der Waals surface area contributed by atoms with Gasteiger partial charge in [-0.2, -0.15) is 0 Å². The van der Waals surface area contributed by atoms with E-state index >= 15 is 0 Å². The van der Waals surface area contributed by atoms with Crippen LogP contribution in [0.4, 0.5) is 11.4 Å². The summed E-state index contributed by atoms with van der Waals surface area (Å²) >= 11 is 0. The van der Waals surface area contributed by atoms with Gasteiger partial charge < -0.3 is 19.9 Å². The molecule has 3 rings (SSSR count). The SMILES string of the molecule is Cc1ccc(NNc2c(C(=O)[O-])[nH]n(-c3ccc(S(=O)(=O)[O-])cc3)c2=O)cc1.[Na+].[Na+]. The number of hydrogen-bond acceptors (Lipinski definition) is 8. The van der Waals surface area contributed by atoms with E-state index in [9.17, 15) is 27.7 Å². The van der Waals surface area contributed by atoms with E-state index < -0.39 is 32.2 Å². The molecule has 146 valence electrons. The van der Waals surface area contributed by atoms with Crippen molar-refractivity contribution in [2.45, 2.75) is 11.8 Å². The fourth-order valence-electron chi connectivity index (χ4n) is 2.42. The Morgan fingerprint density at radius 1 is 1.00 bits per heavy atom. The molecule has 0 spiro atoms. The maximum Gasteiger partial charge on any atom is 1.00 e. The van der Waals surface area contributed by atoms with Crippen LogP contribution in [0.5, 0.6) is 0 Å². The molecule has 30 heavy (non-hydrogen) atoms. The molecule has 0 saturated carbocycles. The van der Waals surface area contributed by atoms with Crippen molar-refractivity contribution in [3.05, 3.63) is 70.1 Å². The number of benzene rings is 2. The zero-order valence-electron chi connectivity index (χ0n) is 16.4. The van der Waals surface area contributed by atoms with E-state index in [2.05, 4.69) is 16.0 Å². The molecule has 0 aliphatic rings. The number of hydrogen-bond donors (Lipinski definition) is 3. The summed E-state index contributed by atoms with van der Waals surface area (Å²) in [5, 5.41) is 13.8. The number of anilines is 2. The molecule has 3 N–H and O–H groups in total. The quantitative estimate of drug-likeness (QED) is 0.191. The number of carbonyl (C=O) groups is 1. The molecule has 0 bridgehead atoms. The predicted molar refractivity (Wildman–Crippen MR) is 97.1 cm³/mol. The van der Waals surface area contributed by atoms with Crippen LogP contribution in [0, 0.1) is 6.92 Å². The number of H-pyrrole nitrogens is 1. The molecule has 0 radical (unpaired) electrons. The fourth-order valence-corrected chi connectivity index (χ4v) is 2.89. The van der Waals surface area contributed by atoms with Gasteiger partial charge in [0.1, 0.15) is 21.5 Å². The van der Waals surface area contributed by atoms with Crippen molar-refractivity contribution in [1.29, 1.82) is 0 Å². The topological polar surface area (TPSA) is 159 Å². The maximum absolute atomic E-state index is 12.6. The summed E-state index contributed by atoms with van der Waals surface area (Å²) in [7, 11) is -4.64. The van der Waals surface area contributed by atoms with Crippen LogP contribution in [0.2, 0.25) is 0 Å². The van der Waals surface area contributed by atoms with E-state index in [0.29, 0.717) is 5.69 Å². The summed E-state index contributed by atoms with van der Waals surface area (Å²) in [6, 6.07) is 11.5. The molecule has 0 unspecified atom stereocenters. The summed E-state index contributed by atoms with van der Waals surface area (Å²) in [5.41, 5.74) is 5.44. The van der Waals surface area contributed by atoms with Gasteiger partial charge in [-0.05, 0) is 43.3 Å². The second-order valence-corrected chi connectivity index (χ2v) is 7.23. The maximum atomic E-state index is 12.6. The van der Waals surface area contributed by atoms with Gasteiger partial charge in [-0.15, -0.1) is 0 Å². The van der Waals surface area contributed by atoms with Crippen molar-refractivity contribution in [2.75, 3.05) is 10.9 Å². The smallest absolute Gasteiger partial charge is 0.744 e. The number of carbonyl (C=O) groups excluding carboxylic acids is 1. The predicted octanol–water partition coefficient (Wildman–Crippen LogP) is -5.81. The molecule has 2 aromatic carbocycles. The minimum atomic E-state index is -4.64. The fraction of sp³-hybridized carbons (Fsp3) is 0.0588. The summed E-state index contributed by atoms with van der Waals surface area (Å²) in [4.78, 5) is 23.5. The number of aryl methyl sites for hydroxylation is 1. The Labute approximate surface area is 216 Å². The Balaban J connectivity index is 0.00000225. The van der Waals surface area contributed by atoms with Crippen molar-refractivity contribution in [3.63, 3.8) is 0 Å². The Morgan fingerprint density at radius 2 is 1.57 bits per heavy atom. The minimum absolute atomic E-state index is 0. The number of aromatic nitrogens is 2. The first-order chi connectivity index (χ1) is 13.2. The third kappa shape index (κ3) is 5.99. The van der Waals surface area contributed by atoms with Gasteiger partial charge in [0.25, 0.3) is 5.56 Å². The molecule has 10 nitrogen and oxygen atoms in total. The Kier molecular flexibility index (Phi) is 9.39. The molecule has 0 aliphatic heterocycles. The van der Waals surface area contributed by atoms with Crippen LogP contribution < -0.4 is 80.6 Å². The first-order valence-electron chi connectivity index (χ1n) is 7.88. The minimum Gasteiger partial charge on any atom is -0.744 e. The zero-order valence-corrected chi connectivity index (χ0v) is 21.2. The standard InChI is InChI=1S/C17H16N4O6S.2Na/c1-10-2-4-11(5-3-10)18-19-14-15(17(23)24)20-21(16(14)22)12-6-8-13(9-7-12)28(25,26)27;;/h2-9,18-20H,1H3,(H,23,24)(H,25,26,27);;/q;2*+1/p-2. The second kappa shape index (κ2) is 10.6. The van der Waals surface area contributed by atoms with Crippen molar-refractivity contribution in [1.82, 2.24) is 9.78 Å². The normalized spacial score (nSPS) is 10.5. The second-order valence-electron chi connectivity index (χ2n) is 5.85. The molecule has 13 heteroatoms. The van der Waals surface area contributed by atoms with Crippen LogP contribution in [-0.2, 0) is 10.1 Å². The van der Waals surface area contributed by atoms with Crippen LogP contribution in [-0.4, -0.2) is 28.7 Å². The third-order valence-corrected chi connectivity index (χ3v) is 4.71. The largest absolute Gasteiger partial charge is 1.00 e. The molecule has 1 heterocycles. The number of aromatic amines is 1. The van der Waals surface area contributed by atoms with Gasteiger partial charge in [-0.25, -0.2) is 13.1 Å². The van der Waals surface area contributed by atoms with Crippen LogP contribution in [0.1, 0.15) is 16.1 Å². The Hall–Kier alpha value is -1.57. The molecule has 1 aromatic heterocycles. The number of aromatic carboxylic acids is 1. The molecule has 0 fully saturated rings. The zero-order chi connectivity index (χ0) is 20.5. The van der Waals surface area contributed by atoms with Gasteiger partial charge in [-0.3, -0.25) is 15.3 Å². The van der Waals surface area contributed by atoms with E-state index in [-0.39, 0.29) is 70.5 Å². The first-order valence-corrected chi connectivity index (χ1v) is 9.29. The van der Waals surface area contributed by atoms with Gasteiger partial charge in [-0.1, -0.05) is 17.7 Å². The number of rotatable bonds is 6. The molecule has 0 amide bonds. The summed E-state index contributed by atoms with van der Waals surface area (Å²) in [5.74, 6) is -1.62. The van der Waals surface area contributed by atoms with Gasteiger partial charge in [0, 0.05) is 0 Å². The molecule has 3 aromatic rings. The van der Waals surface area contributed by atoms with Crippen LogP contribution >= 0.6 is 0 Å². The number of carboxylic acids is 1. The summed E-state index contributed by atoms with van der Waals surface area (Å²) in [6.07, 6.45) is 0. The van der Waals surface area contributed by atoms with Gasteiger partial charge in [0.05, 0.1) is 22.2 Å². The van der Waals surface area contributed by atoms with Crippen LogP contribution in [0.3, 0.4) is 0 Å². The average molecular weight is 448 g/mol. The molecular formula is C17H14N4Na2O6S. The summed E-state index contributed by atoms with van der Waals surface area (Å²) in [6.45, 7) is 1.90. The van der Waals surface area contributed by atoms with Crippen LogP contribution in [0.25, 0.3) is 5.69 Å². The van der Waals surface area contributed by atoms with Gasteiger partial charge in [0.15, 0.2) is 0 Å². The molecule has 0 atom stereocenters. The van der Waals surface area contributed by atoms with E-state index in [1.54, 1.807) is 12.1 Å². The Morgan fingerprint density at radius 3 is 2.07 bits per heavy atom. The molecule has 0 saturated heterocycles. The number of nitrogens with zero attached hydrogens (tertiary/aromatic N) is 1. The van der Waals surface area contributed by atoms with E-state index in [4.69, 9.17) is 0 Å².